The van der Waals surface area contributed by atoms with Gasteiger partial charge in [0.2, 0.25) is 5.91 Å². The van der Waals surface area contributed by atoms with Gasteiger partial charge in [0.1, 0.15) is 5.82 Å². The van der Waals surface area contributed by atoms with Crippen molar-refractivity contribution in [1.29, 1.82) is 0 Å². The van der Waals surface area contributed by atoms with E-state index in [4.69, 9.17) is 5.73 Å². The van der Waals surface area contributed by atoms with E-state index in [2.05, 4.69) is 10.1 Å². The van der Waals surface area contributed by atoms with Crippen LogP contribution in [-0.2, 0) is 21.6 Å². The summed E-state index contributed by atoms with van der Waals surface area (Å²) in [7, 11) is 1.28. The van der Waals surface area contributed by atoms with E-state index in [1.54, 1.807) is 17.0 Å². The molecular formula is C29H40FN3O5. The maximum absolute atomic E-state index is 15.5. The van der Waals surface area contributed by atoms with Gasteiger partial charge < -0.3 is 30.9 Å². The third kappa shape index (κ3) is 7.09. The highest BCUT2D eigenvalue weighted by Gasteiger charge is 2.43. The number of nitrogens with one attached hydrogen (secondary N) is 1. The second kappa shape index (κ2) is 13.7. The lowest BCUT2D eigenvalue weighted by Gasteiger charge is -2.44. The number of likely N-dealkylation sites (tertiary alicyclic amines) is 1. The van der Waals surface area contributed by atoms with Gasteiger partial charge in [-0.2, -0.15) is 0 Å². The molecule has 0 aliphatic carbocycles. The lowest BCUT2D eigenvalue weighted by atomic mass is 9.72. The zero-order chi connectivity index (χ0) is 27.7. The Morgan fingerprint density at radius 2 is 2.05 bits per heavy atom. The second-order valence-electron chi connectivity index (χ2n) is 9.94. The van der Waals surface area contributed by atoms with Gasteiger partial charge in [0.25, 0.3) is 0 Å². The summed E-state index contributed by atoms with van der Waals surface area (Å²) in [6, 6.07) is 12.4. The molecule has 3 atom stereocenters. The van der Waals surface area contributed by atoms with E-state index in [0.717, 1.165) is 12.0 Å². The first-order valence-electron chi connectivity index (χ1n) is 13.3. The summed E-state index contributed by atoms with van der Waals surface area (Å²) >= 11 is 0. The Kier molecular flexibility index (Phi) is 10.6. The summed E-state index contributed by atoms with van der Waals surface area (Å²) in [6.07, 6.45) is 1.15. The lowest BCUT2D eigenvalue weighted by molar-refractivity contribution is -0.138. The Morgan fingerprint density at radius 3 is 2.76 bits per heavy atom. The number of carbonyl (C=O) groups is 2. The van der Waals surface area contributed by atoms with Crippen molar-refractivity contribution in [2.45, 2.75) is 57.2 Å². The number of nitrogens with zero attached hydrogens (tertiary/aromatic N) is 1. The van der Waals surface area contributed by atoms with Crippen molar-refractivity contribution in [1.82, 2.24) is 10.2 Å². The quantitative estimate of drug-likeness (QED) is 0.331. The minimum atomic E-state index is -1.48. The average molecular weight is 530 g/mol. The summed E-state index contributed by atoms with van der Waals surface area (Å²) in [4.78, 5) is 26.1. The molecule has 2 aromatic carbocycles. The normalized spacial score (nSPS) is 17.9. The second-order valence-corrected chi connectivity index (χ2v) is 9.94. The summed E-state index contributed by atoms with van der Waals surface area (Å²) < 4.78 is 20.2. The number of amides is 2. The zero-order valence-electron chi connectivity index (χ0n) is 22.3. The number of nitrogens with two attached hydrogens (primary N) is 1. The van der Waals surface area contributed by atoms with Crippen LogP contribution >= 0.6 is 0 Å². The summed E-state index contributed by atoms with van der Waals surface area (Å²) in [5, 5.41) is 25.0. The molecule has 1 saturated heterocycles. The summed E-state index contributed by atoms with van der Waals surface area (Å²) in [5.74, 6) is -1.04. The van der Waals surface area contributed by atoms with Gasteiger partial charge >= 0.3 is 6.09 Å². The number of benzene rings is 2. The molecule has 2 aromatic rings. The molecule has 38 heavy (non-hydrogen) atoms. The van der Waals surface area contributed by atoms with Crippen LogP contribution in [0.2, 0.25) is 0 Å². The molecule has 9 heteroatoms. The molecule has 0 unspecified atom stereocenters. The predicted molar refractivity (Wildman–Crippen MR) is 144 cm³/mol. The number of halogens is 1. The first-order chi connectivity index (χ1) is 18.2. The number of hydrogen-bond acceptors (Lipinski definition) is 6. The van der Waals surface area contributed by atoms with Gasteiger partial charge in [-0.25, -0.2) is 9.18 Å². The number of piperidine rings is 1. The van der Waals surface area contributed by atoms with E-state index in [0.29, 0.717) is 42.5 Å². The maximum atomic E-state index is 15.5. The van der Waals surface area contributed by atoms with Crippen molar-refractivity contribution in [3.8, 4) is 11.1 Å². The SMILES string of the molecule is CCc1cccc(-c2c(F)cccc2[C@](O)(CCCNC(=O)OC)[C@@H]2CCCN(C(=O)C[C@H](O)CN)C2)c1. The van der Waals surface area contributed by atoms with E-state index in [-0.39, 0.29) is 44.3 Å². The van der Waals surface area contributed by atoms with Gasteiger partial charge in [-0.3, -0.25) is 4.79 Å². The third-order valence-corrected chi connectivity index (χ3v) is 7.43. The highest BCUT2D eigenvalue weighted by atomic mass is 19.1. The predicted octanol–water partition coefficient (Wildman–Crippen LogP) is 3.33. The Hall–Kier alpha value is -3.01. The minimum Gasteiger partial charge on any atom is -0.453 e. The number of alkyl carbamates (subject to hydrolysis) is 1. The largest absolute Gasteiger partial charge is 0.453 e. The van der Waals surface area contributed by atoms with Gasteiger partial charge in [-0.05, 0) is 54.9 Å². The van der Waals surface area contributed by atoms with Crippen LogP contribution in [0.25, 0.3) is 11.1 Å². The van der Waals surface area contributed by atoms with Crippen LogP contribution in [0.3, 0.4) is 0 Å². The molecule has 0 radical (unpaired) electrons. The van der Waals surface area contributed by atoms with Gasteiger partial charge in [0.15, 0.2) is 0 Å². The van der Waals surface area contributed by atoms with Crippen LogP contribution in [0.4, 0.5) is 9.18 Å². The molecule has 5 N–H and O–H groups in total. The van der Waals surface area contributed by atoms with Crippen molar-refractivity contribution < 1.29 is 28.9 Å². The third-order valence-electron chi connectivity index (χ3n) is 7.43. The number of rotatable bonds is 11. The van der Waals surface area contributed by atoms with Gasteiger partial charge in [-0.1, -0.05) is 43.3 Å². The topological polar surface area (TPSA) is 125 Å². The number of methoxy groups -OCH3 is 1. The van der Waals surface area contributed by atoms with Crippen molar-refractivity contribution in [2.75, 3.05) is 33.3 Å². The highest BCUT2D eigenvalue weighted by molar-refractivity contribution is 5.77. The van der Waals surface area contributed by atoms with E-state index in [1.807, 2.05) is 31.2 Å². The average Bonchev–Trinajstić information content (AvgIpc) is 2.94. The van der Waals surface area contributed by atoms with Gasteiger partial charge in [0, 0.05) is 37.7 Å². The summed E-state index contributed by atoms with van der Waals surface area (Å²) in [6.45, 7) is 3.07. The van der Waals surface area contributed by atoms with Crippen molar-refractivity contribution in [2.24, 2.45) is 11.7 Å². The highest BCUT2D eigenvalue weighted by Crippen LogP contribution is 2.44. The van der Waals surface area contributed by atoms with Crippen LogP contribution in [-0.4, -0.2) is 66.5 Å². The van der Waals surface area contributed by atoms with E-state index in [9.17, 15) is 19.8 Å². The Balaban J connectivity index is 2.00. The van der Waals surface area contributed by atoms with Crippen LogP contribution in [0.5, 0.6) is 0 Å². The zero-order valence-corrected chi connectivity index (χ0v) is 22.3. The number of aliphatic hydroxyl groups excluding tert-OH is 1. The van der Waals surface area contributed by atoms with Crippen LogP contribution in [0, 0.1) is 11.7 Å². The molecule has 1 fully saturated rings. The molecule has 8 nitrogen and oxygen atoms in total. The maximum Gasteiger partial charge on any atom is 0.406 e. The monoisotopic (exact) mass is 529 g/mol. The van der Waals surface area contributed by atoms with Gasteiger partial charge in [0.05, 0.1) is 25.2 Å². The fraction of sp³-hybridized carbons (Fsp3) is 0.517. The van der Waals surface area contributed by atoms with Crippen LogP contribution < -0.4 is 11.1 Å². The van der Waals surface area contributed by atoms with Gasteiger partial charge in [-0.15, -0.1) is 0 Å². The van der Waals surface area contributed by atoms with E-state index < -0.39 is 23.6 Å². The molecule has 0 bridgehead atoms. The van der Waals surface area contributed by atoms with Crippen LogP contribution in [0.1, 0.15) is 50.2 Å². The number of carbonyl (C=O) groups excluding carboxylic acids is 2. The molecule has 1 aliphatic heterocycles. The van der Waals surface area contributed by atoms with E-state index >= 15 is 4.39 Å². The molecule has 2 amide bonds. The fourth-order valence-electron chi connectivity index (χ4n) is 5.31. The summed E-state index contributed by atoms with van der Waals surface area (Å²) in [5.41, 5.74) is 6.54. The van der Waals surface area contributed by atoms with Crippen molar-refractivity contribution >= 4 is 12.0 Å². The first-order valence-corrected chi connectivity index (χ1v) is 13.3. The molecule has 0 saturated carbocycles. The molecule has 1 heterocycles. The molecule has 0 aromatic heterocycles. The molecule has 0 spiro atoms. The Morgan fingerprint density at radius 1 is 1.29 bits per heavy atom. The van der Waals surface area contributed by atoms with Crippen LogP contribution in [0.15, 0.2) is 42.5 Å². The fourth-order valence-corrected chi connectivity index (χ4v) is 5.31. The molecule has 1 aliphatic rings. The Bertz CT molecular complexity index is 1100. The Labute approximate surface area is 224 Å². The standard InChI is InChI=1S/C29H40FN3O5/c1-3-20-8-4-9-21(16-20)27-24(11-5-12-25(27)30)29(37,13-7-14-32-28(36)38-2)22-10-6-15-33(19-22)26(35)17-23(34)18-31/h4-5,8-9,11-12,16,22-23,34,37H,3,6-7,10,13-15,17-19,31H2,1-2H3,(H,32,36)/t22-,23+,29+/m1/s1. The number of aryl methyl sites for hydroxylation is 1. The molecule has 208 valence electrons. The van der Waals surface area contributed by atoms with Crippen molar-refractivity contribution in [3.63, 3.8) is 0 Å². The molecular weight excluding hydrogens is 489 g/mol. The lowest BCUT2D eigenvalue weighted by Crippen LogP contribution is -2.49. The number of aliphatic hydroxyl groups is 2. The first kappa shape index (κ1) is 29.5. The number of ether oxygens (including phenoxy) is 1. The molecule has 3 rings (SSSR count). The van der Waals surface area contributed by atoms with E-state index in [1.165, 1.54) is 13.2 Å². The van der Waals surface area contributed by atoms with Crippen molar-refractivity contribution in [3.05, 3.63) is 59.4 Å². The smallest absolute Gasteiger partial charge is 0.406 e. The minimum absolute atomic E-state index is 0.0103. The number of hydrogen-bond donors (Lipinski definition) is 4.